The Morgan fingerprint density at radius 3 is 1.53 bits per heavy atom. The van der Waals surface area contributed by atoms with Gasteiger partial charge in [0.15, 0.2) is 0 Å². The van der Waals surface area contributed by atoms with Gasteiger partial charge in [0, 0.05) is 133 Å². The summed E-state index contributed by atoms with van der Waals surface area (Å²) in [5.41, 5.74) is 5.76. The standard InChI is InChI=1S/C26H63N5O10Si2/c1-34-42(35-2,36-3)19-7-17-40-23-25(32)21-30-13-12-28-10-11-29-14-16-31(15-9-27)22-26(33)24-41-18-8-20-43(37-4,38-5)39-6/h25-26,28-30,32-33H,7-24,27H2,1-6H3. The molecule has 7 N–H and O–H groups in total. The summed E-state index contributed by atoms with van der Waals surface area (Å²) in [5.74, 6) is 0. The van der Waals surface area contributed by atoms with Gasteiger partial charge < -0.3 is 67.9 Å². The molecular formula is C26H63N5O10Si2. The van der Waals surface area contributed by atoms with Crippen LogP contribution in [0.25, 0.3) is 0 Å². The quantitative estimate of drug-likeness (QED) is 0.0346. The van der Waals surface area contributed by atoms with Crippen molar-refractivity contribution in [2.75, 3.05) is 135 Å². The fraction of sp³-hybridized carbons (Fsp3) is 1.00. The topological polar surface area (TPSA) is 180 Å². The monoisotopic (exact) mass is 661 g/mol. The van der Waals surface area contributed by atoms with E-state index in [1.54, 1.807) is 42.7 Å². The summed E-state index contributed by atoms with van der Waals surface area (Å²) >= 11 is 0. The van der Waals surface area contributed by atoms with Gasteiger partial charge in [-0.1, -0.05) is 0 Å². The normalized spacial score (nSPS) is 14.1. The zero-order valence-electron chi connectivity index (χ0n) is 27.6. The number of ether oxygens (including phenoxy) is 2. The molecule has 2 atom stereocenters. The van der Waals surface area contributed by atoms with Gasteiger partial charge in [0.2, 0.25) is 0 Å². The number of rotatable bonds is 33. The molecule has 0 bridgehead atoms. The lowest BCUT2D eigenvalue weighted by molar-refractivity contribution is 0.0162. The first kappa shape index (κ1) is 42.8. The summed E-state index contributed by atoms with van der Waals surface area (Å²) in [6.07, 6.45) is 0.322. The molecule has 15 nitrogen and oxygen atoms in total. The molecule has 0 fully saturated rings. The average Bonchev–Trinajstić information content (AvgIpc) is 3.02. The number of nitrogens with one attached hydrogen (secondary N) is 3. The molecule has 0 radical (unpaired) electrons. The van der Waals surface area contributed by atoms with Crippen molar-refractivity contribution < 1.29 is 46.2 Å². The molecular weight excluding hydrogens is 598 g/mol. The second kappa shape index (κ2) is 28.1. The van der Waals surface area contributed by atoms with E-state index < -0.39 is 29.8 Å². The van der Waals surface area contributed by atoms with Crippen molar-refractivity contribution in [3.63, 3.8) is 0 Å². The maximum absolute atomic E-state index is 10.4. The highest BCUT2D eigenvalue weighted by atomic mass is 28.4. The van der Waals surface area contributed by atoms with Crippen LogP contribution in [0.5, 0.6) is 0 Å². The summed E-state index contributed by atoms with van der Waals surface area (Å²) in [7, 11) is 4.42. The number of hydrogen-bond acceptors (Lipinski definition) is 15. The third kappa shape index (κ3) is 21.3. The zero-order valence-corrected chi connectivity index (χ0v) is 29.6. The molecule has 0 aliphatic carbocycles. The summed E-state index contributed by atoms with van der Waals surface area (Å²) in [6, 6.07) is 1.33. The second-order valence-electron chi connectivity index (χ2n) is 10.0. The molecule has 17 heteroatoms. The van der Waals surface area contributed by atoms with Crippen molar-refractivity contribution in [3.05, 3.63) is 0 Å². The molecule has 0 aromatic rings. The highest BCUT2D eigenvalue weighted by Crippen LogP contribution is 2.15. The van der Waals surface area contributed by atoms with Crippen LogP contribution in [0.2, 0.25) is 12.1 Å². The van der Waals surface area contributed by atoms with Crippen LogP contribution >= 0.6 is 0 Å². The zero-order chi connectivity index (χ0) is 32.2. The number of nitrogens with two attached hydrogens (primary N) is 1. The van der Waals surface area contributed by atoms with Crippen molar-refractivity contribution >= 4 is 17.6 Å². The molecule has 0 spiro atoms. The minimum Gasteiger partial charge on any atom is -0.389 e. The highest BCUT2D eigenvalue weighted by Gasteiger charge is 2.37. The molecule has 0 aliphatic heterocycles. The van der Waals surface area contributed by atoms with Crippen molar-refractivity contribution in [1.82, 2.24) is 20.9 Å². The molecule has 0 aromatic carbocycles. The van der Waals surface area contributed by atoms with Crippen LogP contribution < -0.4 is 21.7 Å². The van der Waals surface area contributed by atoms with E-state index in [2.05, 4.69) is 20.9 Å². The lowest BCUT2D eigenvalue weighted by Crippen LogP contribution is -2.43. The van der Waals surface area contributed by atoms with E-state index in [1.165, 1.54) is 0 Å². The molecule has 260 valence electrons. The molecule has 0 saturated heterocycles. The van der Waals surface area contributed by atoms with E-state index in [0.29, 0.717) is 51.5 Å². The van der Waals surface area contributed by atoms with Crippen molar-refractivity contribution in [2.24, 2.45) is 5.73 Å². The predicted molar refractivity (Wildman–Crippen MR) is 170 cm³/mol. The summed E-state index contributed by atoms with van der Waals surface area (Å²) in [5, 5.41) is 30.5. The molecule has 0 amide bonds. The van der Waals surface area contributed by atoms with Crippen LogP contribution in [0.3, 0.4) is 0 Å². The van der Waals surface area contributed by atoms with Gasteiger partial charge in [-0.3, -0.25) is 4.90 Å². The Hall–Kier alpha value is -0.166. The Balaban J connectivity index is 3.78. The smallest absolute Gasteiger partial charge is 0.389 e. The van der Waals surface area contributed by atoms with Crippen molar-refractivity contribution in [2.45, 2.75) is 37.1 Å². The Bertz CT molecular complexity index is 600. The summed E-state index contributed by atoms with van der Waals surface area (Å²) in [6.45, 7) is 8.54. The first-order valence-corrected chi connectivity index (χ1v) is 19.0. The first-order chi connectivity index (χ1) is 20.8. The fourth-order valence-corrected chi connectivity index (χ4v) is 7.71. The molecule has 43 heavy (non-hydrogen) atoms. The number of hydrogen-bond donors (Lipinski definition) is 6. The van der Waals surface area contributed by atoms with Gasteiger partial charge in [-0.25, -0.2) is 0 Å². The van der Waals surface area contributed by atoms with Crippen LogP contribution in [0.1, 0.15) is 12.8 Å². The minimum absolute atomic E-state index is 0.262. The van der Waals surface area contributed by atoms with Crippen LogP contribution in [0, 0.1) is 0 Å². The van der Waals surface area contributed by atoms with Crippen LogP contribution in [-0.2, 0) is 36.0 Å². The lowest BCUT2D eigenvalue weighted by Gasteiger charge is -2.25. The Morgan fingerprint density at radius 1 is 0.628 bits per heavy atom. The molecule has 2 unspecified atom stereocenters. The van der Waals surface area contributed by atoms with E-state index in [4.69, 9.17) is 41.8 Å². The van der Waals surface area contributed by atoms with E-state index in [0.717, 1.165) is 52.1 Å². The summed E-state index contributed by atoms with van der Waals surface area (Å²) in [4.78, 5) is 2.14. The second-order valence-corrected chi connectivity index (χ2v) is 16.2. The number of aliphatic hydroxyl groups excluding tert-OH is 2. The van der Waals surface area contributed by atoms with Gasteiger partial charge in [0.1, 0.15) is 0 Å². The summed E-state index contributed by atoms with van der Waals surface area (Å²) < 4.78 is 43.6. The third-order valence-corrected chi connectivity index (χ3v) is 12.5. The molecule has 0 saturated carbocycles. The van der Waals surface area contributed by atoms with E-state index in [-0.39, 0.29) is 13.2 Å². The maximum Gasteiger partial charge on any atom is 0.500 e. The van der Waals surface area contributed by atoms with E-state index in [1.807, 2.05) is 0 Å². The Kier molecular flexibility index (Phi) is 28.0. The SMILES string of the molecule is CO[Si](CCCOCC(O)CNCCNCCNCCN(CCN)CC(O)COCCC[Si](OC)(OC)OC)(OC)OC. The van der Waals surface area contributed by atoms with Crippen LogP contribution in [-0.4, -0.2) is 179 Å². The van der Waals surface area contributed by atoms with Gasteiger partial charge >= 0.3 is 17.6 Å². The highest BCUT2D eigenvalue weighted by molar-refractivity contribution is 6.60. The van der Waals surface area contributed by atoms with Gasteiger partial charge in [-0.2, -0.15) is 0 Å². The van der Waals surface area contributed by atoms with Gasteiger partial charge in [0.05, 0.1) is 25.4 Å². The Labute approximate surface area is 262 Å². The molecule has 0 heterocycles. The number of nitrogens with zero attached hydrogens (tertiary/aromatic N) is 1. The predicted octanol–water partition coefficient (Wildman–Crippen LogP) is -1.69. The Morgan fingerprint density at radius 2 is 1.07 bits per heavy atom. The van der Waals surface area contributed by atoms with Crippen LogP contribution in [0.4, 0.5) is 0 Å². The minimum atomic E-state index is -2.58. The van der Waals surface area contributed by atoms with Gasteiger partial charge in [-0.15, -0.1) is 0 Å². The first-order valence-electron chi connectivity index (χ1n) is 15.2. The average molecular weight is 662 g/mol. The fourth-order valence-electron chi connectivity index (χ4n) is 4.33. The molecule has 0 aliphatic rings. The lowest BCUT2D eigenvalue weighted by atomic mass is 10.3. The van der Waals surface area contributed by atoms with E-state index in [9.17, 15) is 10.2 Å². The van der Waals surface area contributed by atoms with Crippen molar-refractivity contribution in [3.8, 4) is 0 Å². The van der Waals surface area contributed by atoms with E-state index >= 15 is 0 Å². The van der Waals surface area contributed by atoms with Crippen molar-refractivity contribution in [1.29, 1.82) is 0 Å². The third-order valence-electron chi connectivity index (χ3n) is 6.89. The molecule has 0 rings (SSSR count). The van der Waals surface area contributed by atoms with Crippen LogP contribution in [0.15, 0.2) is 0 Å². The van der Waals surface area contributed by atoms with Gasteiger partial charge in [-0.05, 0) is 12.8 Å². The number of aliphatic hydroxyl groups is 2. The molecule has 0 aromatic heterocycles. The maximum atomic E-state index is 10.4. The largest absolute Gasteiger partial charge is 0.500 e. The van der Waals surface area contributed by atoms with Gasteiger partial charge in [0.25, 0.3) is 0 Å².